The van der Waals surface area contributed by atoms with Crippen LogP contribution in [-0.2, 0) is 21.7 Å². The van der Waals surface area contributed by atoms with Gasteiger partial charge in [-0.1, -0.05) is 11.4 Å². The number of nitrogens with zero attached hydrogens (tertiary/aromatic N) is 2. The molecule has 0 saturated heterocycles. The van der Waals surface area contributed by atoms with Crippen molar-refractivity contribution in [2.24, 2.45) is 0 Å². The molecule has 4 aromatic carbocycles. The predicted octanol–water partition coefficient (Wildman–Crippen LogP) is 5.91. The molecule has 29 heavy (non-hydrogen) atoms. The van der Waals surface area contributed by atoms with Crippen molar-refractivity contribution in [2.45, 2.75) is 0 Å². The van der Waals surface area contributed by atoms with E-state index in [1.54, 1.807) is 0 Å². The van der Waals surface area contributed by atoms with Crippen molar-refractivity contribution in [3.63, 3.8) is 0 Å². The van der Waals surface area contributed by atoms with E-state index in [0.29, 0.717) is 0 Å². The minimum atomic E-state index is 0. The largest absolute Gasteiger partial charge is 4.00 e. The molecule has 0 aromatic heterocycles. The summed E-state index contributed by atoms with van der Waals surface area (Å²) in [5.41, 5.74) is 2.43. The molecule has 0 saturated carbocycles. The smallest absolute Gasteiger partial charge is 0.399 e. The van der Waals surface area contributed by atoms with Crippen LogP contribution in [0.1, 0.15) is 0 Å². The van der Waals surface area contributed by atoms with E-state index in [-0.39, 0.29) is 21.7 Å². The third kappa shape index (κ3) is 14.2. The second-order valence-corrected chi connectivity index (χ2v) is 6.23. The van der Waals surface area contributed by atoms with Crippen LogP contribution in [0.3, 0.4) is 0 Å². The average Bonchev–Trinajstić information content (AvgIpc) is 3.48. The topological polar surface area (TPSA) is 6.48 Å². The molecule has 0 fully saturated rings. The summed E-state index contributed by atoms with van der Waals surface area (Å²) in [5, 5.41) is 0. The van der Waals surface area contributed by atoms with Crippen LogP contribution in [0.5, 0.6) is 0 Å². The summed E-state index contributed by atoms with van der Waals surface area (Å²) in [6.45, 7) is 0. The second-order valence-electron chi connectivity index (χ2n) is 6.23. The molecule has 3 heteroatoms. The zero-order chi connectivity index (χ0) is 20.5. The van der Waals surface area contributed by atoms with E-state index in [0.717, 1.165) is 0 Å². The van der Waals surface area contributed by atoms with E-state index in [4.69, 9.17) is 0 Å². The number of hydrogen-bond acceptors (Lipinski definition) is 2. The Hall–Kier alpha value is -2.55. The van der Waals surface area contributed by atoms with Crippen molar-refractivity contribution in [1.82, 2.24) is 0 Å². The zero-order valence-corrected chi connectivity index (χ0v) is 19.3. The van der Waals surface area contributed by atoms with Crippen LogP contribution >= 0.6 is 0 Å². The van der Waals surface area contributed by atoms with Gasteiger partial charge in [0.25, 0.3) is 0 Å². The second kappa shape index (κ2) is 17.5. The molecule has 0 aliphatic rings. The van der Waals surface area contributed by atoms with Gasteiger partial charge in [0.05, 0.1) is 0 Å². The van der Waals surface area contributed by atoms with Gasteiger partial charge in [-0.3, -0.25) is 0 Å². The summed E-state index contributed by atoms with van der Waals surface area (Å²) in [6.07, 6.45) is 0. The molecule has 0 N–H and O–H groups in total. The molecule has 148 valence electrons. The maximum Gasteiger partial charge on any atom is 4.00 e. The van der Waals surface area contributed by atoms with Gasteiger partial charge in [-0.25, -0.2) is 24.3 Å². The standard InChI is InChI=1S/2C8H10N.2C5H5.Ti/c2*1-9(2)8-6-4-3-5-7-8;2*1-2-4-5-3-1;/h2*4-7H,1-2H3;2*1-5H;/q4*-1;+4. The van der Waals surface area contributed by atoms with Crippen LogP contribution in [0, 0.1) is 12.1 Å². The van der Waals surface area contributed by atoms with Gasteiger partial charge in [0.15, 0.2) is 0 Å². The fraction of sp³-hybridized carbons (Fsp3) is 0.154. The molecule has 0 aliphatic heterocycles. The van der Waals surface area contributed by atoms with Crippen molar-refractivity contribution < 1.29 is 21.7 Å². The predicted molar refractivity (Wildman–Crippen MR) is 123 cm³/mol. The first kappa shape index (κ1) is 26.5. The van der Waals surface area contributed by atoms with Gasteiger partial charge in [-0.15, -0.1) is 24.3 Å². The Bertz CT molecular complexity index is 658. The van der Waals surface area contributed by atoms with E-state index in [1.807, 2.05) is 137 Å². The molecule has 0 atom stereocenters. The van der Waals surface area contributed by atoms with Crippen LogP contribution in [-0.4, -0.2) is 28.2 Å². The van der Waals surface area contributed by atoms with Crippen LogP contribution < -0.4 is 9.80 Å². The van der Waals surface area contributed by atoms with Crippen LogP contribution in [0.4, 0.5) is 11.4 Å². The van der Waals surface area contributed by atoms with Gasteiger partial charge in [0.1, 0.15) is 0 Å². The summed E-state index contributed by atoms with van der Waals surface area (Å²) in [6, 6.07) is 41.7. The Kier molecular flexibility index (Phi) is 16.0. The number of hydrogen-bond donors (Lipinski definition) is 0. The zero-order valence-electron chi connectivity index (χ0n) is 17.8. The Morgan fingerprint density at radius 3 is 0.966 bits per heavy atom. The van der Waals surface area contributed by atoms with Crippen molar-refractivity contribution in [3.8, 4) is 0 Å². The Morgan fingerprint density at radius 2 is 0.828 bits per heavy atom. The molecule has 2 nitrogen and oxygen atoms in total. The molecule has 0 unspecified atom stereocenters. The van der Waals surface area contributed by atoms with Crippen molar-refractivity contribution in [1.29, 1.82) is 0 Å². The van der Waals surface area contributed by atoms with Gasteiger partial charge in [0, 0.05) is 28.2 Å². The molecule has 4 aromatic rings. The molecule has 0 amide bonds. The minimum absolute atomic E-state index is 0. The SMILES string of the molecule is CN(C)c1cc[c-]cc1.CN(C)c1cc[c-]cc1.[Ti+4].c1cc[cH-]c1.c1cc[cH-]c1. The molecule has 0 aliphatic carbocycles. The van der Waals surface area contributed by atoms with Crippen LogP contribution in [0.15, 0.2) is 109 Å². The number of benzene rings is 2. The summed E-state index contributed by atoms with van der Waals surface area (Å²) >= 11 is 0. The average molecular weight is 418 g/mol. The van der Waals surface area contributed by atoms with Gasteiger partial charge in [0.2, 0.25) is 0 Å². The molecule has 0 spiro atoms. The van der Waals surface area contributed by atoms with E-state index in [1.165, 1.54) is 11.4 Å². The molecule has 0 radical (unpaired) electrons. The van der Waals surface area contributed by atoms with E-state index >= 15 is 0 Å². The number of anilines is 2. The summed E-state index contributed by atoms with van der Waals surface area (Å²) in [7, 11) is 8.09. The maximum atomic E-state index is 2.96. The fourth-order valence-corrected chi connectivity index (χ4v) is 1.99. The first-order valence-electron chi connectivity index (χ1n) is 9.21. The number of rotatable bonds is 2. The normalized spacial score (nSPS) is 8.41. The van der Waals surface area contributed by atoms with Gasteiger partial charge >= 0.3 is 21.7 Å². The quantitative estimate of drug-likeness (QED) is 0.295. The molecule has 0 heterocycles. The third-order valence-corrected chi connectivity index (χ3v) is 3.55. The van der Waals surface area contributed by atoms with Crippen molar-refractivity contribution in [2.75, 3.05) is 38.0 Å². The van der Waals surface area contributed by atoms with Gasteiger partial charge in [-0.2, -0.15) is 72.8 Å². The Labute approximate surface area is 192 Å². The molecule has 0 bridgehead atoms. The van der Waals surface area contributed by atoms with Crippen molar-refractivity contribution in [3.05, 3.63) is 121 Å². The summed E-state index contributed by atoms with van der Waals surface area (Å²) in [5.74, 6) is 0. The molecular weight excluding hydrogens is 388 g/mol. The monoisotopic (exact) mass is 418 g/mol. The molecular formula is C26H30N2Ti. The summed E-state index contributed by atoms with van der Waals surface area (Å²) in [4.78, 5) is 4.13. The Morgan fingerprint density at radius 1 is 0.552 bits per heavy atom. The van der Waals surface area contributed by atoms with Crippen LogP contribution in [0.2, 0.25) is 0 Å². The van der Waals surface area contributed by atoms with Gasteiger partial charge in [-0.05, 0) is 0 Å². The summed E-state index contributed by atoms with van der Waals surface area (Å²) < 4.78 is 0. The van der Waals surface area contributed by atoms with E-state index < -0.39 is 0 Å². The first-order chi connectivity index (χ1) is 13.6. The minimum Gasteiger partial charge on any atom is -0.399 e. The third-order valence-electron chi connectivity index (χ3n) is 3.55. The van der Waals surface area contributed by atoms with E-state index in [2.05, 4.69) is 21.9 Å². The van der Waals surface area contributed by atoms with Crippen molar-refractivity contribution >= 4 is 11.4 Å². The first-order valence-corrected chi connectivity index (χ1v) is 9.21. The van der Waals surface area contributed by atoms with Gasteiger partial charge < -0.3 is 9.80 Å². The Balaban J connectivity index is 0.000000369. The maximum absolute atomic E-state index is 2.96. The van der Waals surface area contributed by atoms with Crippen LogP contribution in [0.25, 0.3) is 0 Å². The fourth-order valence-electron chi connectivity index (χ4n) is 1.99. The molecule has 4 rings (SSSR count). The van der Waals surface area contributed by atoms with E-state index in [9.17, 15) is 0 Å².